The van der Waals surface area contributed by atoms with Crippen LogP contribution >= 0.6 is 11.6 Å². The van der Waals surface area contributed by atoms with Gasteiger partial charge in [-0.1, -0.05) is 23.7 Å². The molecule has 66 valence electrons. The summed E-state index contributed by atoms with van der Waals surface area (Å²) in [4.78, 5) is 4.20. The van der Waals surface area contributed by atoms with E-state index in [9.17, 15) is 0 Å². The number of ether oxygens (including phenoxy) is 1. The monoisotopic (exact) mass is 193 g/mol. The number of hydrogen-bond acceptors (Lipinski definition) is 2. The lowest BCUT2D eigenvalue weighted by atomic mass is 10.2. The van der Waals surface area contributed by atoms with Gasteiger partial charge in [-0.3, -0.25) is 4.98 Å². The Morgan fingerprint density at radius 1 is 1.31 bits per heavy atom. The molecule has 0 aliphatic rings. The van der Waals surface area contributed by atoms with Gasteiger partial charge in [0.1, 0.15) is 11.3 Å². The van der Waals surface area contributed by atoms with Crippen LogP contribution in [0.3, 0.4) is 0 Å². The molecular weight excluding hydrogens is 186 g/mol. The van der Waals surface area contributed by atoms with E-state index < -0.39 is 0 Å². The van der Waals surface area contributed by atoms with Gasteiger partial charge in [0.2, 0.25) is 0 Å². The Kier molecular flexibility index (Phi) is 2.07. The molecule has 2 nitrogen and oxygen atoms in total. The third-order valence-corrected chi connectivity index (χ3v) is 2.23. The van der Waals surface area contributed by atoms with Crippen LogP contribution in [0.25, 0.3) is 10.9 Å². The predicted octanol–water partition coefficient (Wildman–Crippen LogP) is 2.90. The molecule has 2 rings (SSSR count). The minimum absolute atomic E-state index is 0.698. The molecule has 0 spiro atoms. The summed E-state index contributed by atoms with van der Waals surface area (Å²) in [7, 11) is 1.62. The maximum absolute atomic E-state index is 5.99. The first-order valence-electron chi connectivity index (χ1n) is 3.90. The predicted molar refractivity (Wildman–Crippen MR) is 53.3 cm³/mol. The Bertz CT molecular complexity index is 442. The van der Waals surface area contributed by atoms with Crippen LogP contribution in [-0.4, -0.2) is 12.1 Å². The highest BCUT2D eigenvalue weighted by Crippen LogP contribution is 2.27. The van der Waals surface area contributed by atoms with Crippen molar-refractivity contribution >= 4 is 22.5 Å². The van der Waals surface area contributed by atoms with Crippen LogP contribution in [0.5, 0.6) is 5.75 Å². The van der Waals surface area contributed by atoms with Crippen molar-refractivity contribution in [3.63, 3.8) is 0 Å². The lowest BCUT2D eigenvalue weighted by Crippen LogP contribution is -1.86. The number of fused-ring (bicyclic) bond motifs is 1. The highest BCUT2D eigenvalue weighted by atomic mass is 35.5. The summed E-state index contributed by atoms with van der Waals surface area (Å²) in [6.07, 6.45) is 1.67. The maximum atomic E-state index is 5.99. The number of benzene rings is 1. The van der Waals surface area contributed by atoms with Gasteiger partial charge in [-0.15, -0.1) is 0 Å². The molecule has 0 radical (unpaired) electrons. The summed E-state index contributed by atoms with van der Waals surface area (Å²) < 4.78 is 5.16. The minimum Gasteiger partial charge on any atom is -0.494 e. The van der Waals surface area contributed by atoms with E-state index in [0.717, 1.165) is 16.7 Å². The quantitative estimate of drug-likeness (QED) is 0.695. The summed E-state index contributed by atoms with van der Waals surface area (Å²) in [5.41, 5.74) is 0.803. The molecule has 0 aliphatic heterocycles. The molecule has 1 heterocycles. The SMILES string of the molecule is COc1cccc2c(Cl)ccnc12. The molecule has 0 amide bonds. The zero-order chi connectivity index (χ0) is 9.26. The van der Waals surface area contributed by atoms with Crippen LogP contribution in [0, 0.1) is 0 Å². The van der Waals surface area contributed by atoms with E-state index in [-0.39, 0.29) is 0 Å². The van der Waals surface area contributed by atoms with E-state index in [1.54, 1.807) is 19.4 Å². The molecule has 13 heavy (non-hydrogen) atoms. The van der Waals surface area contributed by atoms with Gasteiger partial charge in [-0.05, 0) is 12.1 Å². The average molecular weight is 194 g/mol. The van der Waals surface area contributed by atoms with Gasteiger partial charge in [-0.2, -0.15) is 0 Å². The van der Waals surface area contributed by atoms with Crippen molar-refractivity contribution in [3.8, 4) is 5.75 Å². The number of rotatable bonds is 1. The molecular formula is C10H8ClNO. The molecule has 0 saturated carbocycles. The van der Waals surface area contributed by atoms with E-state index in [0.29, 0.717) is 5.02 Å². The second kappa shape index (κ2) is 3.23. The van der Waals surface area contributed by atoms with Gasteiger partial charge in [0.25, 0.3) is 0 Å². The summed E-state index contributed by atoms with van der Waals surface area (Å²) >= 11 is 5.99. The summed E-state index contributed by atoms with van der Waals surface area (Å²) in [5, 5.41) is 1.62. The summed E-state index contributed by atoms with van der Waals surface area (Å²) in [6, 6.07) is 7.46. The molecule has 1 aromatic carbocycles. The van der Waals surface area contributed by atoms with Crippen LogP contribution in [0.4, 0.5) is 0 Å². The Balaban J connectivity index is 2.84. The van der Waals surface area contributed by atoms with Crippen molar-refractivity contribution in [2.45, 2.75) is 0 Å². The Labute approximate surface area is 81.1 Å². The van der Waals surface area contributed by atoms with Crippen molar-refractivity contribution < 1.29 is 4.74 Å². The fourth-order valence-electron chi connectivity index (χ4n) is 1.28. The molecule has 0 N–H and O–H groups in total. The largest absolute Gasteiger partial charge is 0.494 e. The molecule has 3 heteroatoms. The van der Waals surface area contributed by atoms with Crippen molar-refractivity contribution in [2.24, 2.45) is 0 Å². The molecule has 1 aromatic heterocycles. The first-order chi connectivity index (χ1) is 6.33. The van der Waals surface area contributed by atoms with Crippen molar-refractivity contribution in [3.05, 3.63) is 35.5 Å². The fourth-order valence-corrected chi connectivity index (χ4v) is 1.49. The van der Waals surface area contributed by atoms with Gasteiger partial charge < -0.3 is 4.74 Å². The molecule has 0 unspecified atom stereocenters. The van der Waals surface area contributed by atoms with Gasteiger partial charge in [-0.25, -0.2) is 0 Å². The molecule has 0 aliphatic carbocycles. The minimum atomic E-state index is 0.698. The third-order valence-electron chi connectivity index (χ3n) is 1.90. The van der Waals surface area contributed by atoms with Gasteiger partial charge in [0.15, 0.2) is 0 Å². The lowest BCUT2D eigenvalue weighted by Gasteiger charge is -2.04. The Morgan fingerprint density at radius 2 is 2.15 bits per heavy atom. The van der Waals surface area contributed by atoms with Crippen molar-refractivity contribution in [1.82, 2.24) is 4.98 Å². The molecule has 0 bridgehead atoms. The zero-order valence-electron chi connectivity index (χ0n) is 7.12. The first-order valence-corrected chi connectivity index (χ1v) is 4.28. The Morgan fingerprint density at radius 3 is 2.92 bits per heavy atom. The van der Waals surface area contributed by atoms with E-state index >= 15 is 0 Å². The second-order valence-electron chi connectivity index (χ2n) is 2.65. The summed E-state index contributed by atoms with van der Waals surface area (Å²) in [5.74, 6) is 0.750. The van der Waals surface area contributed by atoms with Crippen LogP contribution in [0.15, 0.2) is 30.5 Å². The van der Waals surface area contributed by atoms with Crippen molar-refractivity contribution in [1.29, 1.82) is 0 Å². The molecule has 0 atom stereocenters. The third kappa shape index (κ3) is 1.33. The fraction of sp³-hybridized carbons (Fsp3) is 0.100. The number of hydrogen-bond donors (Lipinski definition) is 0. The van der Waals surface area contributed by atoms with Crippen LogP contribution in [0.2, 0.25) is 5.02 Å². The molecule has 0 saturated heterocycles. The molecule has 0 fully saturated rings. The van der Waals surface area contributed by atoms with E-state index in [1.807, 2.05) is 18.2 Å². The number of aromatic nitrogens is 1. The van der Waals surface area contributed by atoms with E-state index in [2.05, 4.69) is 4.98 Å². The van der Waals surface area contributed by atoms with Gasteiger partial charge in [0.05, 0.1) is 12.1 Å². The van der Waals surface area contributed by atoms with E-state index in [4.69, 9.17) is 16.3 Å². The first kappa shape index (κ1) is 8.32. The average Bonchev–Trinajstić information content (AvgIpc) is 2.18. The lowest BCUT2D eigenvalue weighted by molar-refractivity contribution is 0.419. The standard InChI is InChI=1S/C10H8ClNO/c1-13-9-4-2-3-7-8(11)5-6-12-10(7)9/h2-6H,1H3. The van der Waals surface area contributed by atoms with Crippen LogP contribution in [-0.2, 0) is 0 Å². The Hall–Kier alpha value is -1.28. The topological polar surface area (TPSA) is 22.1 Å². The number of halogens is 1. The van der Waals surface area contributed by atoms with Crippen LogP contribution in [0.1, 0.15) is 0 Å². The van der Waals surface area contributed by atoms with E-state index in [1.165, 1.54) is 0 Å². The maximum Gasteiger partial charge on any atom is 0.145 e. The molecule has 2 aromatic rings. The smallest absolute Gasteiger partial charge is 0.145 e. The summed E-state index contributed by atoms with van der Waals surface area (Å²) in [6.45, 7) is 0. The van der Waals surface area contributed by atoms with Gasteiger partial charge >= 0.3 is 0 Å². The number of methoxy groups -OCH3 is 1. The zero-order valence-corrected chi connectivity index (χ0v) is 7.88. The number of para-hydroxylation sites is 1. The second-order valence-corrected chi connectivity index (χ2v) is 3.06. The van der Waals surface area contributed by atoms with Crippen LogP contribution < -0.4 is 4.74 Å². The normalized spacial score (nSPS) is 10.3. The van der Waals surface area contributed by atoms with Crippen molar-refractivity contribution in [2.75, 3.05) is 7.11 Å². The highest BCUT2D eigenvalue weighted by molar-refractivity contribution is 6.35. The van der Waals surface area contributed by atoms with Gasteiger partial charge in [0, 0.05) is 11.6 Å². The highest BCUT2D eigenvalue weighted by Gasteiger charge is 2.03. The number of pyridine rings is 1. The number of nitrogens with zero attached hydrogens (tertiary/aromatic N) is 1.